The van der Waals surface area contributed by atoms with E-state index in [1.165, 1.54) is 6.07 Å². The smallest absolute Gasteiger partial charge is 0.383 e. The molecule has 1 heterocycles. The molecular formula is C17H11ClF6N2S. The van der Waals surface area contributed by atoms with Crippen LogP contribution in [0, 0.1) is 17.5 Å². The molecule has 1 aliphatic heterocycles. The van der Waals surface area contributed by atoms with Gasteiger partial charge in [0.2, 0.25) is 0 Å². The monoisotopic (exact) mass is 424 g/mol. The summed E-state index contributed by atoms with van der Waals surface area (Å²) in [7, 11) is 0. The predicted octanol–water partition coefficient (Wildman–Crippen LogP) is 6.41. The quantitative estimate of drug-likeness (QED) is 0.438. The first-order valence-electron chi connectivity index (χ1n) is 7.55. The summed E-state index contributed by atoms with van der Waals surface area (Å²) in [4.78, 5) is 0.624. The van der Waals surface area contributed by atoms with E-state index in [1.54, 1.807) is 18.3 Å². The van der Waals surface area contributed by atoms with E-state index in [0.717, 1.165) is 11.9 Å². The zero-order valence-corrected chi connectivity index (χ0v) is 14.9. The molecular weight excluding hydrogens is 414 g/mol. The van der Waals surface area contributed by atoms with Crippen molar-refractivity contribution >= 4 is 29.2 Å². The zero-order valence-electron chi connectivity index (χ0n) is 13.3. The molecule has 1 atom stereocenters. The second-order valence-electron chi connectivity index (χ2n) is 5.69. The zero-order chi connectivity index (χ0) is 19.8. The molecule has 144 valence electrons. The molecule has 0 aliphatic carbocycles. The Bertz CT molecular complexity index is 900. The maximum atomic E-state index is 14.1. The summed E-state index contributed by atoms with van der Waals surface area (Å²) in [5.74, 6) is -3.37. The minimum atomic E-state index is -4.98. The maximum Gasteiger partial charge on any atom is 0.419 e. The molecule has 1 aliphatic rings. The Kier molecular flexibility index (Phi) is 5.53. The van der Waals surface area contributed by atoms with E-state index in [0.29, 0.717) is 23.0 Å². The highest BCUT2D eigenvalue weighted by molar-refractivity contribution is 8.04. The molecule has 2 aromatic rings. The van der Waals surface area contributed by atoms with E-state index in [-0.39, 0.29) is 11.1 Å². The maximum absolute atomic E-state index is 14.1. The summed E-state index contributed by atoms with van der Waals surface area (Å²) in [6.45, 7) is 0. The van der Waals surface area contributed by atoms with Crippen LogP contribution in [0.3, 0.4) is 0 Å². The number of benzene rings is 2. The average molecular weight is 425 g/mol. The van der Waals surface area contributed by atoms with Crippen LogP contribution in [0.5, 0.6) is 0 Å². The van der Waals surface area contributed by atoms with Gasteiger partial charge < -0.3 is 10.0 Å². The Labute approximate surface area is 159 Å². The Balaban J connectivity index is 1.67. The number of nitrogens with one attached hydrogen (secondary N) is 2. The molecule has 2 N–H and O–H groups in total. The number of alkyl halides is 3. The number of halogens is 7. The standard InChI is InChI=1S/C17H11ClF6N2S/c18-11-3-1-2-9(16(11)21)14-4-8(7-25-14)27-26-15-6-12(19)10(5-13(15)20)17(22,23)24/h1-3,5-7,14,25-26H,4H2. The van der Waals surface area contributed by atoms with Crippen LogP contribution in [0.2, 0.25) is 5.02 Å². The third-order valence-corrected chi connectivity index (χ3v) is 5.02. The third kappa shape index (κ3) is 4.30. The van der Waals surface area contributed by atoms with Crippen molar-refractivity contribution < 1.29 is 26.3 Å². The Morgan fingerprint density at radius 3 is 2.56 bits per heavy atom. The van der Waals surface area contributed by atoms with Gasteiger partial charge in [0.1, 0.15) is 17.5 Å². The van der Waals surface area contributed by atoms with Gasteiger partial charge in [0.25, 0.3) is 0 Å². The number of anilines is 1. The molecule has 0 amide bonds. The predicted molar refractivity (Wildman–Crippen MR) is 92.6 cm³/mol. The Hall–Kier alpha value is -2.00. The van der Waals surface area contributed by atoms with Crippen molar-refractivity contribution in [1.29, 1.82) is 0 Å². The van der Waals surface area contributed by atoms with Gasteiger partial charge >= 0.3 is 6.18 Å². The molecule has 0 saturated heterocycles. The van der Waals surface area contributed by atoms with Gasteiger partial charge in [0, 0.05) is 29.2 Å². The molecule has 2 aromatic carbocycles. The van der Waals surface area contributed by atoms with Gasteiger partial charge in [-0.1, -0.05) is 23.7 Å². The van der Waals surface area contributed by atoms with Crippen molar-refractivity contribution in [3.63, 3.8) is 0 Å². The third-order valence-electron chi connectivity index (χ3n) is 3.86. The minimum Gasteiger partial charge on any atom is -0.383 e. The van der Waals surface area contributed by atoms with Crippen LogP contribution in [0.1, 0.15) is 23.6 Å². The SMILES string of the molecule is Fc1cc(C(F)(F)F)c(F)cc1NSC1=CNC(c2cccc(Cl)c2F)C1. The topological polar surface area (TPSA) is 24.1 Å². The van der Waals surface area contributed by atoms with Gasteiger partial charge in [-0.3, -0.25) is 0 Å². The van der Waals surface area contributed by atoms with Gasteiger partial charge in [-0.2, -0.15) is 13.2 Å². The van der Waals surface area contributed by atoms with Crippen LogP contribution < -0.4 is 10.0 Å². The lowest BCUT2D eigenvalue weighted by atomic mass is 10.1. The molecule has 0 saturated carbocycles. The summed E-state index contributed by atoms with van der Waals surface area (Å²) in [5, 5.41) is 2.93. The first-order valence-corrected chi connectivity index (χ1v) is 8.74. The van der Waals surface area contributed by atoms with Crippen molar-refractivity contribution in [2.45, 2.75) is 18.6 Å². The van der Waals surface area contributed by atoms with E-state index in [2.05, 4.69) is 10.0 Å². The van der Waals surface area contributed by atoms with Gasteiger partial charge in [-0.15, -0.1) is 0 Å². The van der Waals surface area contributed by atoms with Crippen LogP contribution in [0.4, 0.5) is 32.0 Å². The summed E-state index contributed by atoms with van der Waals surface area (Å²) >= 11 is 6.64. The molecule has 10 heteroatoms. The molecule has 0 aromatic heterocycles. The number of rotatable bonds is 4. The van der Waals surface area contributed by atoms with Crippen LogP contribution in [-0.2, 0) is 6.18 Å². The highest BCUT2D eigenvalue weighted by atomic mass is 35.5. The first kappa shape index (κ1) is 19.8. The highest BCUT2D eigenvalue weighted by Crippen LogP contribution is 2.37. The van der Waals surface area contributed by atoms with Crippen LogP contribution in [-0.4, -0.2) is 0 Å². The second-order valence-corrected chi connectivity index (χ2v) is 7.03. The Morgan fingerprint density at radius 2 is 1.85 bits per heavy atom. The van der Waals surface area contributed by atoms with Gasteiger partial charge in [-0.05, 0) is 24.1 Å². The van der Waals surface area contributed by atoms with Crippen molar-refractivity contribution in [3.8, 4) is 0 Å². The van der Waals surface area contributed by atoms with Crippen molar-refractivity contribution in [3.05, 3.63) is 75.0 Å². The van der Waals surface area contributed by atoms with Crippen LogP contribution in [0.15, 0.2) is 41.4 Å². The lowest BCUT2D eigenvalue weighted by Gasteiger charge is -2.14. The normalized spacial score (nSPS) is 16.9. The van der Waals surface area contributed by atoms with Gasteiger partial charge in [0.15, 0.2) is 0 Å². The summed E-state index contributed by atoms with van der Waals surface area (Å²) < 4.78 is 81.7. The molecule has 27 heavy (non-hydrogen) atoms. The number of hydrogen-bond acceptors (Lipinski definition) is 3. The molecule has 0 radical (unpaired) electrons. The summed E-state index contributed by atoms with van der Waals surface area (Å²) in [5.41, 5.74) is -1.75. The van der Waals surface area contributed by atoms with E-state index in [9.17, 15) is 26.3 Å². The van der Waals surface area contributed by atoms with Crippen molar-refractivity contribution in [1.82, 2.24) is 5.32 Å². The summed E-state index contributed by atoms with van der Waals surface area (Å²) in [6.07, 6.45) is -3.09. The van der Waals surface area contributed by atoms with Gasteiger partial charge in [-0.25, -0.2) is 13.2 Å². The minimum absolute atomic E-state index is 0.0178. The molecule has 0 spiro atoms. The van der Waals surface area contributed by atoms with Crippen molar-refractivity contribution in [2.24, 2.45) is 0 Å². The second kappa shape index (κ2) is 7.55. The lowest BCUT2D eigenvalue weighted by Crippen LogP contribution is -2.11. The molecule has 2 nitrogen and oxygen atoms in total. The van der Waals surface area contributed by atoms with E-state index < -0.39 is 40.9 Å². The summed E-state index contributed by atoms with van der Waals surface area (Å²) in [6, 6.07) is 4.74. The van der Waals surface area contributed by atoms with E-state index in [4.69, 9.17) is 11.6 Å². The van der Waals surface area contributed by atoms with E-state index in [1.807, 2.05) is 0 Å². The fourth-order valence-electron chi connectivity index (χ4n) is 2.54. The molecule has 1 unspecified atom stereocenters. The fourth-order valence-corrected chi connectivity index (χ4v) is 3.49. The largest absolute Gasteiger partial charge is 0.419 e. The number of hydrogen-bond donors (Lipinski definition) is 2. The first-order chi connectivity index (χ1) is 12.7. The fraction of sp³-hybridized carbons (Fsp3) is 0.176. The average Bonchev–Trinajstić information content (AvgIpc) is 3.05. The van der Waals surface area contributed by atoms with Crippen LogP contribution in [0.25, 0.3) is 0 Å². The molecule has 0 fully saturated rings. The highest BCUT2D eigenvalue weighted by Gasteiger charge is 2.35. The van der Waals surface area contributed by atoms with Crippen molar-refractivity contribution in [2.75, 3.05) is 4.72 Å². The molecule has 3 rings (SSSR count). The van der Waals surface area contributed by atoms with Gasteiger partial charge in [0.05, 0.1) is 22.3 Å². The van der Waals surface area contributed by atoms with Crippen LogP contribution >= 0.6 is 23.5 Å². The lowest BCUT2D eigenvalue weighted by molar-refractivity contribution is -0.140. The molecule has 0 bridgehead atoms. The van der Waals surface area contributed by atoms with E-state index >= 15 is 0 Å². The Morgan fingerprint density at radius 1 is 1.11 bits per heavy atom.